The van der Waals surface area contributed by atoms with E-state index in [0.717, 1.165) is 37.9 Å². The Balaban J connectivity index is 1.76. The van der Waals surface area contributed by atoms with Crippen LogP contribution in [0, 0.1) is 11.3 Å². The topological polar surface area (TPSA) is 55.8 Å². The largest absolute Gasteiger partial charge is 0.497 e. The predicted molar refractivity (Wildman–Crippen MR) is 120 cm³/mol. The molecular weight excluding hydrogens is 390 g/mol. The number of methoxy groups -OCH3 is 1. The first kappa shape index (κ1) is 22.3. The smallest absolute Gasteiger partial charge is 0.321 e. The average molecular weight is 428 g/mol. The summed E-state index contributed by atoms with van der Waals surface area (Å²) in [7, 11) is 3.82. The second-order valence-corrected chi connectivity index (χ2v) is 9.98. The standard InChI is InChI=1S/C26H37NO4/c1-6-8-9-10-23(28)26(24(29)31-7-2)15-20-21-13-17-11-12-18(30-5)14-19(17)25(20,3)16-22(26)27(21)4/h11-12,14,20-22H,6-10,13,15-16H2,1-5H3/t20?,21?,22?,25-,26?/m0/s1. The van der Waals surface area contributed by atoms with Crippen LogP contribution < -0.4 is 4.74 Å². The monoisotopic (exact) mass is 427 g/mol. The highest BCUT2D eigenvalue weighted by atomic mass is 16.5. The van der Waals surface area contributed by atoms with Crippen LogP contribution in [0.1, 0.15) is 70.4 Å². The lowest BCUT2D eigenvalue weighted by Gasteiger charge is -2.66. The maximum absolute atomic E-state index is 13.7. The third-order valence-corrected chi connectivity index (χ3v) is 8.53. The molecule has 0 N–H and O–H groups in total. The number of unbranched alkanes of at least 4 members (excludes halogenated alkanes) is 2. The molecule has 0 spiro atoms. The van der Waals surface area contributed by atoms with Crippen molar-refractivity contribution in [2.45, 2.75) is 83.2 Å². The number of nitrogens with zero attached hydrogens (tertiary/aromatic N) is 1. The van der Waals surface area contributed by atoms with Crippen molar-refractivity contribution in [2.75, 3.05) is 20.8 Å². The first-order valence-electron chi connectivity index (χ1n) is 11.9. The SMILES string of the molecule is CCCCCC(=O)C1(C(=O)OCC)CC2C3Cc4ccc(OC)cc4[C@]2(C)CC1N3C. The Morgan fingerprint density at radius 2 is 1.97 bits per heavy atom. The lowest BCUT2D eigenvalue weighted by molar-refractivity contribution is -0.189. The molecule has 1 aromatic rings. The molecule has 2 aliphatic carbocycles. The maximum atomic E-state index is 13.7. The summed E-state index contributed by atoms with van der Waals surface area (Å²) >= 11 is 0. The summed E-state index contributed by atoms with van der Waals surface area (Å²) in [4.78, 5) is 29.4. The van der Waals surface area contributed by atoms with Gasteiger partial charge in [0.2, 0.25) is 0 Å². The molecule has 5 rings (SSSR count). The van der Waals surface area contributed by atoms with Crippen molar-refractivity contribution in [1.29, 1.82) is 0 Å². The number of ketones is 1. The first-order valence-corrected chi connectivity index (χ1v) is 11.9. The Hall–Kier alpha value is -1.88. The fourth-order valence-corrected chi connectivity index (χ4v) is 6.87. The number of rotatable bonds is 8. The average Bonchev–Trinajstić information content (AvgIpc) is 2.76. The molecular formula is C26H37NO4. The molecule has 31 heavy (non-hydrogen) atoms. The molecule has 5 heteroatoms. The van der Waals surface area contributed by atoms with Gasteiger partial charge in [-0.25, -0.2) is 0 Å². The van der Waals surface area contributed by atoms with Crippen molar-refractivity contribution in [2.24, 2.45) is 11.3 Å². The number of Topliss-reactive ketones (excluding diaryl/α,β-unsaturated/α-hetero) is 1. The number of hydrogen-bond donors (Lipinski definition) is 0. The minimum atomic E-state index is -1.03. The van der Waals surface area contributed by atoms with Crippen LogP contribution >= 0.6 is 0 Å². The zero-order chi connectivity index (χ0) is 22.4. The molecule has 2 heterocycles. The van der Waals surface area contributed by atoms with E-state index in [0.29, 0.717) is 25.5 Å². The molecule has 5 atom stereocenters. The molecule has 1 aromatic carbocycles. The summed E-state index contributed by atoms with van der Waals surface area (Å²) in [5.41, 5.74) is 1.61. The molecule has 0 aromatic heterocycles. The number of ether oxygens (including phenoxy) is 2. The number of carbonyl (C=O) groups is 2. The highest BCUT2D eigenvalue weighted by Gasteiger charge is 2.69. The number of piperidine rings is 2. The molecule has 4 unspecified atom stereocenters. The third kappa shape index (κ3) is 3.23. The highest BCUT2D eigenvalue weighted by molar-refractivity contribution is 6.05. The van der Waals surface area contributed by atoms with E-state index in [9.17, 15) is 9.59 Å². The van der Waals surface area contributed by atoms with Crippen LogP contribution in [0.2, 0.25) is 0 Å². The van der Waals surface area contributed by atoms with E-state index in [1.54, 1.807) is 7.11 Å². The van der Waals surface area contributed by atoms with E-state index in [1.165, 1.54) is 11.1 Å². The highest BCUT2D eigenvalue weighted by Crippen LogP contribution is 2.62. The summed E-state index contributed by atoms with van der Waals surface area (Å²) in [5.74, 6) is 0.903. The molecule has 0 amide bonds. The molecule has 1 saturated carbocycles. The van der Waals surface area contributed by atoms with Gasteiger partial charge in [-0.15, -0.1) is 0 Å². The number of fused-ring (bicyclic) bond motifs is 2. The summed E-state index contributed by atoms with van der Waals surface area (Å²) < 4.78 is 11.1. The van der Waals surface area contributed by atoms with Gasteiger partial charge in [0.05, 0.1) is 13.7 Å². The van der Waals surface area contributed by atoms with Crippen molar-refractivity contribution >= 4 is 11.8 Å². The van der Waals surface area contributed by atoms with Gasteiger partial charge in [0.15, 0.2) is 5.78 Å². The normalized spacial score (nSPS) is 33.6. The summed E-state index contributed by atoms with van der Waals surface area (Å²) in [6, 6.07) is 6.64. The van der Waals surface area contributed by atoms with E-state index in [-0.39, 0.29) is 29.1 Å². The number of carbonyl (C=O) groups excluding carboxylic acids is 2. The Morgan fingerprint density at radius 3 is 2.65 bits per heavy atom. The van der Waals surface area contributed by atoms with Crippen LogP contribution in [-0.2, 0) is 26.2 Å². The van der Waals surface area contributed by atoms with Gasteiger partial charge in [-0.1, -0.05) is 32.8 Å². The third-order valence-electron chi connectivity index (χ3n) is 8.53. The molecule has 2 aliphatic heterocycles. The minimum absolute atomic E-state index is 0.0658. The number of benzene rings is 1. The van der Waals surface area contributed by atoms with Gasteiger partial charge < -0.3 is 9.47 Å². The fraction of sp³-hybridized carbons (Fsp3) is 0.692. The summed E-state index contributed by atoms with van der Waals surface area (Å²) in [5, 5.41) is 0. The van der Waals surface area contributed by atoms with Crippen molar-refractivity contribution in [3.05, 3.63) is 29.3 Å². The molecule has 3 fully saturated rings. The zero-order valence-corrected chi connectivity index (χ0v) is 19.7. The Labute approximate surface area is 186 Å². The van der Waals surface area contributed by atoms with E-state index in [1.807, 2.05) is 13.0 Å². The van der Waals surface area contributed by atoms with Crippen molar-refractivity contribution in [3.63, 3.8) is 0 Å². The number of likely N-dealkylation sites (N-methyl/N-ethyl adjacent to an activating group) is 1. The predicted octanol–water partition coefficient (Wildman–Crippen LogP) is 4.30. The molecule has 4 aliphatic rings. The van der Waals surface area contributed by atoms with Gasteiger partial charge in [0, 0.05) is 18.5 Å². The maximum Gasteiger partial charge on any atom is 0.321 e. The van der Waals surface area contributed by atoms with Gasteiger partial charge in [-0.3, -0.25) is 14.5 Å². The quantitative estimate of drug-likeness (QED) is 0.352. The van der Waals surface area contributed by atoms with Crippen LogP contribution in [0.3, 0.4) is 0 Å². The molecule has 4 bridgehead atoms. The van der Waals surface area contributed by atoms with Crippen molar-refractivity contribution < 1.29 is 19.1 Å². The van der Waals surface area contributed by atoms with Crippen molar-refractivity contribution in [3.8, 4) is 5.75 Å². The second kappa shape index (κ2) is 8.23. The van der Waals surface area contributed by atoms with Crippen LogP contribution in [0.4, 0.5) is 0 Å². The van der Waals surface area contributed by atoms with E-state index in [4.69, 9.17) is 9.47 Å². The van der Waals surface area contributed by atoms with Crippen LogP contribution in [0.15, 0.2) is 18.2 Å². The Kier molecular flexibility index (Phi) is 5.93. The second-order valence-electron chi connectivity index (χ2n) is 9.98. The van der Waals surface area contributed by atoms with Gasteiger partial charge >= 0.3 is 5.97 Å². The zero-order valence-electron chi connectivity index (χ0n) is 19.7. The summed E-state index contributed by atoms with van der Waals surface area (Å²) in [6.07, 6.45) is 5.74. The minimum Gasteiger partial charge on any atom is -0.497 e. The first-order chi connectivity index (χ1) is 14.8. The molecule has 0 radical (unpaired) electrons. The van der Waals surface area contributed by atoms with E-state index in [2.05, 4.69) is 37.9 Å². The van der Waals surface area contributed by atoms with Crippen LogP contribution in [0.25, 0.3) is 0 Å². The van der Waals surface area contributed by atoms with Crippen LogP contribution in [-0.4, -0.2) is 49.5 Å². The molecule has 170 valence electrons. The Bertz CT molecular complexity index is 867. The molecule has 5 nitrogen and oxygen atoms in total. The lowest BCUT2D eigenvalue weighted by atomic mass is 9.45. The van der Waals surface area contributed by atoms with Gasteiger partial charge in [-0.2, -0.15) is 0 Å². The lowest BCUT2D eigenvalue weighted by Crippen LogP contribution is -2.74. The van der Waals surface area contributed by atoms with E-state index >= 15 is 0 Å². The number of esters is 1. The van der Waals surface area contributed by atoms with Crippen molar-refractivity contribution in [1.82, 2.24) is 4.90 Å². The molecule has 2 saturated heterocycles. The summed E-state index contributed by atoms with van der Waals surface area (Å²) in [6.45, 7) is 6.61. The van der Waals surface area contributed by atoms with Gasteiger partial charge in [0.25, 0.3) is 0 Å². The number of hydrogen-bond acceptors (Lipinski definition) is 5. The van der Waals surface area contributed by atoms with E-state index < -0.39 is 5.41 Å². The van der Waals surface area contributed by atoms with Gasteiger partial charge in [-0.05, 0) is 74.2 Å². The van der Waals surface area contributed by atoms with Gasteiger partial charge in [0.1, 0.15) is 11.2 Å². The Morgan fingerprint density at radius 1 is 1.19 bits per heavy atom. The fourth-order valence-electron chi connectivity index (χ4n) is 6.87. The van der Waals surface area contributed by atoms with Crippen LogP contribution in [0.5, 0.6) is 5.75 Å².